The molecule has 0 atom stereocenters. The van der Waals surface area contributed by atoms with Crippen molar-refractivity contribution in [3.63, 3.8) is 0 Å². The standard InChI is InChI=1S/C16H20F3N5OS/c1-10(2)25-13-5-4-11(6-21-13)7-22-15(20-3)23-8-14-24-12(9-26-14)16(17,18)19/h4-6,9-10H,7-8H2,1-3H3,(H2,20,22,23). The molecule has 0 spiro atoms. The number of aliphatic imine (C=N–C) groups is 1. The fourth-order valence-corrected chi connectivity index (χ4v) is 2.66. The highest BCUT2D eigenvalue weighted by Crippen LogP contribution is 2.29. The molecular formula is C16H20F3N5OS. The molecule has 2 rings (SSSR count). The van der Waals surface area contributed by atoms with Crippen LogP contribution in [0, 0.1) is 0 Å². The highest BCUT2D eigenvalue weighted by atomic mass is 32.1. The van der Waals surface area contributed by atoms with Gasteiger partial charge in [0, 0.05) is 31.2 Å². The molecule has 26 heavy (non-hydrogen) atoms. The predicted octanol–water partition coefficient (Wildman–Crippen LogP) is 3.21. The number of hydrogen-bond acceptors (Lipinski definition) is 5. The van der Waals surface area contributed by atoms with Crippen molar-refractivity contribution in [1.29, 1.82) is 0 Å². The number of rotatable bonds is 6. The molecular weight excluding hydrogens is 367 g/mol. The first kappa shape index (κ1) is 20.0. The minimum atomic E-state index is -4.42. The Labute approximate surface area is 153 Å². The molecule has 0 radical (unpaired) electrons. The summed E-state index contributed by atoms with van der Waals surface area (Å²) in [5.41, 5.74) is 0.0367. The van der Waals surface area contributed by atoms with Crippen molar-refractivity contribution in [1.82, 2.24) is 20.6 Å². The smallest absolute Gasteiger partial charge is 0.434 e. The maximum atomic E-state index is 12.5. The van der Waals surface area contributed by atoms with Crippen LogP contribution in [0.2, 0.25) is 0 Å². The zero-order valence-corrected chi connectivity index (χ0v) is 15.4. The zero-order chi connectivity index (χ0) is 19.2. The zero-order valence-electron chi connectivity index (χ0n) is 14.6. The van der Waals surface area contributed by atoms with Crippen LogP contribution in [0.1, 0.15) is 30.1 Å². The van der Waals surface area contributed by atoms with Crippen LogP contribution in [0.15, 0.2) is 28.7 Å². The van der Waals surface area contributed by atoms with Crippen LogP contribution in [0.5, 0.6) is 5.88 Å². The average Bonchev–Trinajstić information content (AvgIpc) is 3.05. The number of pyridine rings is 1. The predicted molar refractivity (Wildman–Crippen MR) is 94.2 cm³/mol. The summed E-state index contributed by atoms with van der Waals surface area (Å²) < 4.78 is 43.1. The number of halogens is 3. The van der Waals surface area contributed by atoms with Crippen molar-refractivity contribution < 1.29 is 17.9 Å². The van der Waals surface area contributed by atoms with Gasteiger partial charge < -0.3 is 15.4 Å². The third-order valence-electron chi connectivity index (χ3n) is 3.09. The Kier molecular flexibility index (Phi) is 6.78. The van der Waals surface area contributed by atoms with Gasteiger partial charge in [0.2, 0.25) is 5.88 Å². The van der Waals surface area contributed by atoms with E-state index >= 15 is 0 Å². The molecule has 0 fully saturated rings. The summed E-state index contributed by atoms with van der Waals surface area (Å²) in [6.07, 6.45) is -2.68. The minimum absolute atomic E-state index is 0.0539. The van der Waals surface area contributed by atoms with E-state index in [1.807, 2.05) is 19.9 Å². The van der Waals surface area contributed by atoms with Crippen LogP contribution < -0.4 is 15.4 Å². The first-order chi connectivity index (χ1) is 12.3. The van der Waals surface area contributed by atoms with Gasteiger partial charge in [0.1, 0.15) is 5.01 Å². The van der Waals surface area contributed by atoms with Gasteiger partial charge in [0.05, 0.1) is 12.6 Å². The van der Waals surface area contributed by atoms with E-state index in [1.54, 1.807) is 19.3 Å². The van der Waals surface area contributed by atoms with E-state index in [9.17, 15) is 13.2 Å². The second-order valence-corrected chi connectivity index (χ2v) is 6.52. The lowest BCUT2D eigenvalue weighted by Gasteiger charge is -2.12. The Morgan fingerprint density at radius 3 is 2.54 bits per heavy atom. The number of nitrogens with zero attached hydrogens (tertiary/aromatic N) is 3. The molecule has 142 valence electrons. The van der Waals surface area contributed by atoms with Crippen molar-refractivity contribution >= 4 is 17.3 Å². The molecule has 0 aromatic carbocycles. The summed E-state index contributed by atoms with van der Waals surface area (Å²) >= 11 is 0.949. The van der Waals surface area contributed by atoms with Gasteiger partial charge in [0.25, 0.3) is 0 Å². The third-order valence-corrected chi connectivity index (χ3v) is 3.94. The quantitative estimate of drug-likeness (QED) is 0.588. The second-order valence-electron chi connectivity index (χ2n) is 5.57. The summed E-state index contributed by atoms with van der Waals surface area (Å²) in [5, 5.41) is 7.33. The van der Waals surface area contributed by atoms with E-state index in [-0.39, 0.29) is 12.6 Å². The minimum Gasteiger partial charge on any atom is -0.475 e. The van der Waals surface area contributed by atoms with Crippen molar-refractivity contribution in [3.05, 3.63) is 40.0 Å². The number of ether oxygens (including phenoxy) is 1. The summed E-state index contributed by atoms with van der Waals surface area (Å²) in [6.45, 7) is 4.46. The SMILES string of the molecule is CN=C(NCc1ccc(OC(C)C)nc1)NCc1nc(C(F)(F)F)cs1. The number of nitrogens with one attached hydrogen (secondary N) is 2. The highest BCUT2D eigenvalue weighted by Gasteiger charge is 2.33. The molecule has 0 aliphatic heterocycles. The molecule has 6 nitrogen and oxygen atoms in total. The Bertz CT molecular complexity index is 728. The van der Waals surface area contributed by atoms with Gasteiger partial charge in [-0.1, -0.05) is 6.07 Å². The number of alkyl halides is 3. The molecule has 0 bridgehead atoms. The van der Waals surface area contributed by atoms with Crippen LogP contribution in [-0.2, 0) is 19.3 Å². The van der Waals surface area contributed by atoms with E-state index in [0.29, 0.717) is 23.4 Å². The number of thiazole rings is 1. The van der Waals surface area contributed by atoms with E-state index in [2.05, 4.69) is 25.6 Å². The van der Waals surface area contributed by atoms with Gasteiger partial charge in [-0.3, -0.25) is 4.99 Å². The number of guanidine groups is 1. The molecule has 0 saturated heterocycles. The molecule has 0 amide bonds. The topological polar surface area (TPSA) is 71.4 Å². The number of aromatic nitrogens is 2. The van der Waals surface area contributed by atoms with Gasteiger partial charge in [-0.05, 0) is 19.4 Å². The normalized spacial score (nSPS) is 12.3. The van der Waals surface area contributed by atoms with Crippen LogP contribution in [0.25, 0.3) is 0 Å². The lowest BCUT2D eigenvalue weighted by atomic mass is 10.3. The maximum absolute atomic E-state index is 12.5. The average molecular weight is 387 g/mol. The third kappa shape index (κ3) is 6.17. The van der Waals surface area contributed by atoms with Gasteiger partial charge in [-0.15, -0.1) is 11.3 Å². The van der Waals surface area contributed by atoms with E-state index in [4.69, 9.17) is 4.74 Å². The Morgan fingerprint density at radius 1 is 1.27 bits per heavy atom. The monoisotopic (exact) mass is 387 g/mol. The molecule has 2 N–H and O–H groups in total. The maximum Gasteiger partial charge on any atom is 0.434 e. The van der Waals surface area contributed by atoms with Crippen LogP contribution in [0.3, 0.4) is 0 Å². The van der Waals surface area contributed by atoms with Gasteiger partial charge in [0.15, 0.2) is 11.7 Å². The largest absolute Gasteiger partial charge is 0.475 e. The first-order valence-corrected chi connectivity index (χ1v) is 8.73. The van der Waals surface area contributed by atoms with Gasteiger partial charge >= 0.3 is 6.18 Å². The molecule has 2 heterocycles. The Morgan fingerprint density at radius 2 is 2.00 bits per heavy atom. The lowest BCUT2D eigenvalue weighted by molar-refractivity contribution is -0.140. The van der Waals surface area contributed by atoms with Crippen molar-refractivity contribution in [3.8, 4) is 5.88 Å². The molecule has 0 aliphatic carbocycles. The van der Waals surface area contributed by atoms with Crippen LogP contribution >= 0.6 is 11.3 Å². The summed E-state index contributed by atoms with van der Waals surface area (Å²) in [4.78, 5) is 11.8. The lowest BCUT2D eigenvalue weighted by Crippen LogP contribution is -2.36. The second kappa shape index (κ2) is 8.84. The summed E-state index contributed by atoms with van der Waals surface area (Å²) in [5.74, 6) is 1.01. The van der Waals surface area contributed by atoms with E-state index < -0.39 is 11.9 Å². The highest BCUT2D eigenvalue weighted by molar-refractivity contribution is 7.09. The fourth-order valence-electron chi connectivity index (χ4n) is 1.91. The first-order valence-electron chi connectivity index (χ1n) is 7.85. The molecule has 0 aliphatic rings. The summed E-state index contributed by atoms with van der Waals surface area (Å²) in [6, 6.07) is 3.66. The summed E-state index contributed by atoms with van der Waals surface area (Å²) in [7, 11) is 1.58. The molecule has 10 heteroatoms. The fraction of sp³-hybridized carbons (Fsp3) is 0.438. The number of hydrogen-bond donors (Lipinski definition) is 2. The van der Waals surface area contributed by atoms with E-state index in [1.165, 1.54) is 0 Å². The van der Waals surface area contributed by atoms with Crippen molar-refractivity contribution in [2.24, 2.45) is 4.99 Å². The van der Waals surface area contributed by atoms with E-state index in [0.717, 1.165) is 22.3 Å². The molecule has 2 aromatic rings. The molecule has 2 aromatic heterocycles. The molecule has 0 saturated carbocycles. The Hall–Kier alpha value is -2.36. The molecule has 0 unspecified atom stereocenters. The van der Waals surface area contributed by atoms with Gasteiger partial charge in [-0.2, -0.15) is 13.2 Å². The van der Waals surface area contributed by atoms with Crippen LogP contribution in [-0.4, -0.2) is 29.1 Å². The van der Waals surface area contributed by atoms with Gasteiger partial charge in [-0.25, -0.2) is 9.97 Å². The van der Waals surface area contributed by atoms with Crippen LogP contribution in [0.4, 0.5) is 13.2 Å². The van der Waals surface area contributed by atoms with Crippen molar-refractivity contribution in [2.75, 3.05) is 7.05 Å². The van der Waals surface area contributed by atoms with Crippen molar-refractivity contribution in [2.45, 2.75) is 39.2 Å². The Balaban J connectivity index is 1.83.